The highest BCUT2D eigenvalue weighted by Gasteiger charge is 2.13. The maximum Gasteiger partial charge on any atom is 0.265 e. The molecule has 1 amide bonds. The van der Waals surface area contributed by atoms with Crippen molar-refractivity contribution in [3.63, 3.8) is 0 Å². The third-order valence-corrected chi connectivity index (χ3v) is 5.13. The monoisotopic (exact) mass is 471 g/mol. The van der Waals surface area contributed by atoms with E-state index in [4.69, 9.17) is 11.6 Å². The first-order chi connectivity index (χ1) is 8.47. The van der Waals surface area contributed by atoms with Gasteiger partial charge in [0.25, 0.3) is 5.91 Å². The highest BCUT2D eigenvalue weighted by molar-refractivity contribution is 9.11. The molecule has 1 aromatic carbocycles. The fourth-order valence-corrected chi connectivity index (χ4v) is 4.42. The van der Waals surface area contributed by atoms with Gasteiger partial charge in [0.2, 0.25) is 0 Å². The Bertz CT molecular complexity index is 591. The van der Waals surface area contributed by atoms with Crippen molar-refractivity contribution < 1.29 is 4.79 Å². The average molecular weight is 474 g/mol. The number of hydrogen-bond acceptors (Lipinski definition) is 2. The van der Waals surface area contributed by atoms with E-state index in [0.717, 1.165) is 12.7 Å². The maximum atomic E-state index is 12.0. The molecule has 1 heterocycles. The van der Waals surface area contributed by atoms with Gasteiger partial charge in [0.15, 0.2) is 0 Å². The zero-order valence-electron chi connectivity index (χ0n) is 8.64. The Kier molecular flexibility index (Phi) is 4.88. The maximum absolute atomic E-state index is 12.0. The summed E-state index contributed by atoms with van der Waals surface area (Å²) in [5.74, 6) is -0.158. The zero-order chi connectivity index (χ0) is 13.3. The van der Waals surface area contributed by atoms with Gasteiger partial charge in [-0.2, -0.15) is 0 Å². The Morgan fingerprint density at radius 1 is 1.17 bits per heavy atom. The fourth-order valence-electron chi connectivity index (χ4n) is 1.27. The molecule has 0 saturated heterocycles. The molecule has 0 spiro atoms. The lowest BCUT2D eigenvalue weighted by Crippen LogP contribution is -2.11. The van der Waals surface area contributed by atoms with Gasteiger partial charge in [-0.1, -0.05) is 11.6 Å². The normalized spacial score (nSPS) is 10.4. The van der Waals surface area contributed by atoms with E-state index in [-0.39, 0.29) is 5.91 Å². The molecular formula is C11H5Br3ClNOS. The van der Waals surface area contributed by atoms with Crippen LogP contribution in [0, 0.1) is 0 Å². The zero-order valence-corrected chi connectivity index (χ0v) is 15.0. The standard InChI is InChI=1S/C11H5Br3ClNOS/c12-6-3-5(15)4-7(13)10(6)16-11(17)8-1-2-9(14)18-8/h1-4H,(H,16,17). The number of anilines is 1. The first-order valence-electron chi connectivity index (χ1n) is 4.68. The first-order valence-corrected chi connectivity index (χ1v) is 8.26. The first kappa shape index (κ1) is 14.5. The number of rotatable bonds is 2. The fraction of sp³-hybridized carbons (Fsp3) is 0. The van der Waals surface area contributed by atoms with Gasteiger partial charge >= 0.3 is 0 Å². The predicted molar refractivity (Wildman–Crippen MR) is 86.8 cm³/mol. The summed E-state index contributed by atoms with van der Waals surface area (Å²) in [5, 5.41) is 3.42. The van der Waals surface area contributed by atoms with Crippen molar-refractivity contribution in [2.45, 2.75) is 0 Å². The molecule has 1 N–H and O–H groups in total. The molecule has 1 aromatic heterocycles. The van der Waals surface area contributed by atoms with E-state index < -0.39 is 0 Å². The van der Waals surface area contributed by atoms with Gasteiger partial charge in [0.05, 0.1) is 14.4 Å². The minimum atomic E-state index is -0.158. The van der Waals surface area contributed by atoms with E-state index in [1.54, 1.807) is 18.2 Å². The van der Waals surface area contributed by atoms with Gasteiger partial charge in [-0.05, 0) is 72.1 Å². The Balaban J connectivity index is 2.27. The molecule has 94 valence electrons. The van der Waals surface area contributed by atoms with Crippen LogP contribution in [0.3, 0.4) is 0 Å². The third kappa shape index (κ3) is 3.36. The minimum Gasteiger partial charge on any atom is -0.319 e. The molecule has 2 aromatic rings. The van der Waals surface area contributed by atoms with E-state index in [1.165, 1.54) is 11.3 Å². The van der Waals surface area contributed by atoms with Crippen molar-refractivity contribution in [1.29, 1.82) is 0 Å². The predicted octanol–water partition coefficient (Wildman–Crippen LogP) is 5.94. The summed E-state index contributed by atoms with van der Waals surface area (Å²) >= 11 is 17.3. The summed E-state index contributed by atoms with van der Waals surface area (Å²) in [7, 11) is 0. The van der Waals surface area contributed by atoms with Crippen LogP contribution in [0.4, 0.5) is 5.69 Å². The number of halogens is 4. The number of thiophene rings is 1. The Morgan fingerprint density at radius 2 is 1.78 bits per heavy atom. The van der Waals surface area contributed by atoms with Crippen molar-refractivity contribution in [3.05, 3.63) is 46.9 Å². The van der Waals surface area contributed by atoms with E-state index in [2.05, 4.69) is 53.1 Å². The van der Waals surface area contributed by atoms with E-state index in [0.29, 0.717) is 15.6 Å². The topological polar surface area (TPSA) is 29.1 Å². The van der Waals surface area contributed by atoms with Crippen molar-refractivity contribution in [3.8, 4) is 0 Å². The number of carbonyl (C=O) groups excluding carboxylic acids is 1. The van der Waals surface area contributed by atoms with Crippen LogP contribution in [0.5, 0.6) is 0 Å². The van der Waals surface area contributed by atoms with Gasteiger partial charge in [-0.3, -0.25) is 4.79 Å². The van der Waals surface area contributed by atoms with Crippen LogP contribution in [0.25, 0.3) is 0 Å². The summed E-state index contributed by atoms with van der Waals surface area (Å²) in [6.07, 6.45) is 0. The highest BCUT2D eigenvalue weighted by Crippen LogP contribution is 2.35. The lowest BCUT2D eigenvalue weighted by molar-refractivity contribution is 0.103. The lowest BCUT2D eigenvalue weighted by Gasteiger charge is -2.09. The lowest BCUT2D eigenvalue weighted by atomic mass is 10.3. The molecule has 2 rings (SSSR count). The second kappa shape index (κ2) is 6.05. The third-order valence-electron chi connectivity index (χ3n) is 2.04. The molecule has 2 nitrogen and oxygen atoms in total. The molecule has 0 unspecified atom stereocenters. The van der Waals surface area contributed by atoms with E-state index in [1.807, 2.05) is 6.07 Å². The van der Waals surface area contributed by atoms with Gasteiger partial charge in [-0.15, -0.1) is 11.3 Å². The van der Waals surface area contributed by atoms with Crippen LogP contribution < -0.4 is 5.32 Å². The molecular weight excluding hydrogens is 469 g/mol. The summed E-state index contributed by atoms with van der Waals surface area (Å²) in [4.78, 5) is 12.7. The molecule has 0 aliphatic carbocycles. The number of nitrogens with one attached hydrogen (secondary N) is 1. The van der Waals surface area contributed by atoms with E-state index >= 15 is 0 Å². The second-order valence-corrected chi connectivity index (χ2v) is 7.91. The van der Waals surface area contributed by atoms with Crippen molar-refractivity contribution in [2.24, 2.45) is 0 Å². The summed E-state index contributed by atoms with van der Waals surface area (Å²) in [6.45, 7) is 0. The number of amides is 1. The smallest absolute Gasteiger partial charge is 0.265 e. The van der Waals surface area contributed by atoms with Gasteiger partial charge in [0, 0.05) is 14.0 Å². The molecule has 7 heteroatoms. The quantitative estimate of drug-likeness (QED) is 0.574. The molecule has 0 saturated carbocycles. The van der Waals surface area contributed by atoms with Crippen LogP contribution in [-0.4, -0.2) is 5.91 Å². The Morgan fingerprint density at radius 3 is 2.28 bits per heavy atom. The summed E-state index contributed by atoms with van der Waals surface area (Å²) in [6, 6.07) is 7.06. The van der Waals surface area contributed by atoms with Crippen LogP contribution in [0.2, 0.25) is 5.02 Å². The molecule has 0 atom stereocenters. The molecule has 0 fully saturated rings. The second-order valence-electron chi connectivity index (χ2n) is 3.30. The van der Waals surface area contributed by atoms with Gasteiger partial charge in [-0.25, -0.2) is 0 Å². The molecule has 18 heavy (non-hydrogen) atoms. The molecule has 0 bridgehead atoms. The van der Waals surface area contributed by atoms with Crippen LogP contribution in [-0.2, 0) is 0 Å². The molecule has 0 aliphatic rings. The van der Waals surface area contributed by atoms with Crippen LogP contribution in [0.1, 0.15) is 9.67 Å². The minimum absolute atomic E-state index is 0.158. The van der Waals surface area contributed by atoms with Gasteiger partial charge in [0.1, 0.15) is 0 Å². The average Bonchev–Trinajstić information content (AvgIpc) is 2.70. The van der Waals surface area contributed by atoms with Crippen LogP contribution in [0.15, 0.2) is 37.0 Å². The summed E-state index contributed by atoms with van der Waals surface area (Å²) in [5.41, 5.74) is 0.661. The molecule has 0 radical (unpaired) electrons. The largest absolute Gasteiger partial charge is 0.319 e. The van der Waals surface area contributed by atoms with E-state index in [9.17, 15) is 4.79 Å². The van der Waals surface area contributed by atoms with Crippen molar-refractivity contribution >= 4 is 82.3 Å². The highest BCUT2D eigenvalue weighted by atomic mass is 79.9. The number of benzene rings is 1. The SMILES string of the molecule is O=C(Nc1c(Br)cc(Cl)cc1Br)c1ccc(Br)s1. The molecule has 0 aliphatic heterocycles. The Labute approximate surface area is 138 Å². The van der Waals surface area contributed by atoms with Crippen molar-refractivity contribution in [1.82, 2.24) is 0 Å². The summed E-state index contributed by atoms with van der Waals surface area (Å²) < 4.78 is 2.37. The van der Waals surface area contributed by atoms with Gasteiger partial charge < -0.3 is 5.32 Å². The van der Waals surface area contributed by atoms with Crippen LogP contribution >= 0.6 is 70.7 Å². The Hall–Kier alpha value is 0.120. The number of hydrogen-bond donors (Lipinski definition) is 1. The van der Waals surface area contributed by atoms with Crippen molar-refractivity contribution in [2.75, 3.05) is 5.32 Å². The number of carbonyl (C=O) groups is 1.